The number of rotatable bonds is 0. The topological polar surface area (TPSA) is 80.1 Å². The summed E-state index contributed by atoms with van der Waals surface area (Å²) in [5.41, 5.74) is 0. The molecular formula is H4CoNiO3. The Labute approximate surface area is 47.5 Å². The summed E-state index contributed by atoms with van der Waals surface area (Å²) < 4.78 is 7.94. The average molecular weight is 170 g/mol. The third kappa shape index (κ3) is 67.4. The Bertz CT molecular complexity index is 6.85. The molecule has 0 radical (unpaired) electrons. The van der Waals surface area contributed by atoms with Crippen molar-refractivity contribution in [2.24, 2.45) is 0 Å². The van der Waals surface area contributed by atoms with Gasteiger partial charge in [-0.05, 0) is 0 Å². The van der Waals surface area contributed by atoms with Crippen molar-refractivity contribution < 1.29 is 47.0 Å². The Balaban J connectivity index is -0.00000000167. The van der Waals surface area contributed by atoms with Crippen LogP contribution in [0.5, 0.6) is 0 Å². The molecular weight excluding hydrogens is 166 g/mol. The normalized spacial score (nSPS) is 1.00. The van der Waals surface area contributed by atoms with Crippen LogP contribution in [-0.2, 0) is 36.0 Å². The van der Waals surface area contributed by atoms with Crippen LogP contribution in [0.1, 0.15) is 0 Å². The van der Waals surface area contributed by atoms with Gasteiger partial charge in [-0.15, -0.1) is 0 Å². The second kappa shape index (κ2) is 126. The van der Waals surface area contributed by atoms with E-state index in [9.17, 15) is 0 Å². The van der Waals surface area contributed by atoms with Crippen molar-refractivity contribution in [2.45, 2.75) is 0 Å². The van der Waals surface area contributed by atoms with Crippen molar-refractivity contribution in [3.63, 3.8) is 0 Å². The van der Waals surface area contributed by atoms with Gasteiger partial charge in [0.25, 0.3) is 0 Å². The molecule has 3 nitrogen and oxygen atoms in total. The van der Waals surface area contributed by atoms with E-state index < -0.39 is 0 Å². The van der Waals surface area contributed by atoms with E-state index >= 15 is 0 Å². The van der Waals surface area contributed by atoms with E-state index in [1.54, 1.807) is 0 Å². The molecule has 0 bridgehead atoms. The van der Waals surface area contributed by atoms with E-state index in [0.717, 1.165) is 0 Å². The van der Waals surface area contributed by atoms with Gasteiger partial charge in [-0.25, -0.2) is 0 Å². The fourth-order valence-corrected chi connectivity index (χ4v) is 0. The van der Waals surface area contributed by atoms with Gasteiger partial charge in [0.15, 0.2) is 0 Å². The molecule has 0 heterocycles. The molecule has 0 fully saturated rings. The van der Waals surface area contributed by atoms with Crippen molar-refractivity contribution in [1.29, 1.82) is 0 Å². The number of hydrogen-bond acceptors (Lipinski definition) is 1. The molecule has 0 aromatic rings. The van der Waals surface area contributed by atoms with Crippen LogP contribution in [0.25, 0.3) is 0 Å². The third-order valence-corrected chi connectivity index (χ3v) is 0. The standard InChI is InChI=1S/Co.Ni.2H2O.O/h;;2*1H2;. The third-order valence-electron chi connectivity index (χ3n) is 0. The van der Waals surface area contributed by atoms with Gasteiger partial charge in [-0.1, -0.05) is 0 Å². The molecule has 0 aliphatic heterocycles. The molecule has 5 heteroatoms. The van der Waals surface area contributed by atoms with Crippen LogP contribution in [0, 0.1) is 0 Å². The van der Waals surface area contributed by atoms with Gasteiger partial charge in [0.05, 0.1) is 0 Å². The fourth-order valence-electron chi connectivity index (χ4n) is 0. The summed E-state index contributed by atoms with van der Waals surface area (Å²) in [6, 6.07) is 0. The van der Waals surface area contributed by atoms with Crippen molar-refractivity contribution >= 4 is 0 Å². The van der Waals surface area contributed by atoms with Gasteiger partial charge in [-0.3, -0.25) is 0 Å². The fraction of sp³-hybridized carbons (Fsp3) is 0. The Morgan fingerprint density at radius 1 is 1.00 bits per heavy atom. The summed E-state index contributed by atoms with van der Waals surface area (Å²) in [4.78, 5) is 0. The maximum atomic E-state index is 7.94. The van der Waals surface area contributed by atoms with Crippen LogP contribution in [0.3, 0.4) is 0 Å². The SMILES string of the molecule is O.O.[Ni].[O]=[Co]. The summed E-state index contributed by atoms with van der Waals surface area (Å²) >= 11 is 2.31. The van der Waals surface area contributed by atoms with Crippen molar-refractivity contribution in [3.8, 4) is 0 Å². The molecule has 0 saturated heterocycles. The Morgan fingerprint density at radius 3 is 1.00 bits per heavy atom. The van der Waals surface area contributed by atoms with E-state index in [-0.39, 0.29) is 27.4 Å². The molecule has 0 spiro atoms. The predicted octanol–water partition coefficient (Wildman–Crippen LogP) is -1.77. The van der Waals surface area contributed by atoms with Crippen molar-refractivity contribution in [2.75, 3.05) is 0 Å². The Hall–Kier alpha value is 0.720. The van der Waals surface area contributed by atoms with Gasteiger partial charge in [0, 0.05) is 16.5 Å². The van der Waals surface area contributed by atoms with Gasteiger partial charge in [0.2, 0.25) is 0 Å². The monoisotopic (exact) mass is 169 g/mol. The molecule has 0 aromatic carbocycles. The summed E-state index contributed by atoms with van der Waals surface area (Å²) in [6.45, 7) is 0. The van der Waals surface area contributed by atoms with Crippen LogP contribution in [0.15, 0.2) is 0 Å². The first-order valence-electron chi connectivity index (χ1n) is 0.136. The molecule has 0 amide bonds. The summed E-state index contributed by atoms with van der Waals surface area (Å²) in [7, 11) is 0. The van der Waals surface area contributed by atoms with Crippen LogP contribution in [0.4, 0.5) is 0 Å². The van der Waals surface area contributed by atoms with Gasteiger partial charge >= 0.3 is 19.5 Å². The minimum absolute atomic E-state index is 0. The van der Waals surface area contributed by atoms with Crippen LogP contribution < -0.4 is 0 Å². The maximum absolute atomic E-state index is 7.94. The first-order valence-corrected chi connectivity index (χ1v) is 0.561. The van der Waals surface area contributed by atoms with Crippen molar-refractivity contribution in [1.82, 2.24) is 0 Å². The predicted molar refractivity (Wildman–Crippen MR) is 7.91 cm³/mol. The summed E-state index contributed by atoms with van der Waals surface area (Å²) in [5.74, 6) is 0. The van der Waals surface area contributed by atoms with Gasteiger partial charge < -0.3 is 11.0 Å². The van der Waals surface area contributed by atoms with E-state index in [2.05, 4.69) is 15.7 Å². The number of hydrogen-bond donors (Lipinski definition) is 0. The second-order valence-corrected chi connectivity index (χ2v) is 0. The minimum atomic E-state index is 0. The van der Waals surface area contributed by atoms with Crippen LogP contribution in [0.2, 0.25) is 0 Å². The molecule has 0 atom stereocenters. The second-order valence-electron chi connectivity index (χ2n) is 0. The van der Waals surface area contributed by atoms with Gasteiger partial charge in [-0.2, -0.15) is 0 Å². The first-order chi connectivity index (χ1) is 1.00. The quantitative estimate of drug-likeness (QED) is 0.395. The molecule has 41 valence electrons. The molecule has 0 aromatic heterocycles. The zero-order valence-electron chi connectivity index (χ0n) is 2.06. The summed E-state index contributed by atoms with van der Waals surface area (Å²) in [6.07, 6.45) is 0. The zero-order chi connectivity index (χ0) is 2.00. The van der Waals surface area contributed by atoms with Crippen molar-refractivity contribution in [3.05, 3.63) is 0 Å². The van der Waals surface area contributed by atoms with E-state index in [4.69, 9.17) is 3.87 Å². The summed E-state index contributed by atoms with van der Waals surface area (Å²) in [5, 5.41) is 0. The van der Waals surface area contributed by atoms with E-state index in [1.165, 1.54) is 0 Å². The molecule has 0 aliphatic carbocycles. The average Bonchev–Trinajstić information content (AvgIpc) is 1.00. The molecule has 0 rings (SSSR count). The Morgan fingerprint density at radius 2 is 1.00 bits per heavy atom. The Kier molecular flexibility index (Phi) is 1090. The van der Waals surface area contributed by atoms with Crippen LogP contribution in [-0.4, -0.2) is 11.0 Å². The van der Waals surface area contributed by atoms with Gasteiger partial charge in [0.1, 0.15) is 0 Å². The molecule has 0 saturated carbocycles. The zero-order valence-corrected chi connectivity index (χ0v) is 4.09. The van der Waals surface area contributed by atoms with E-state index in [0.29, 0.717) is 0 Å². The van der Waals surface area contributed by atoms with E-state index in [1.807, 2.05) is 0 Å². The molecule has 4 N–H and O–H groups in total. The first kappa shape index (κ1) is 43.1. The molecule has 5 heavy (non-hydrogen) atoms. The molecule has 0 unspecified atom stereocenters. The molecule has 0 aliphatic rings. The van der Waals surface area contributed by atoms with Crippen LogP contribution >= 0.6 is 0 Å².